The highest BCUT2D eigenvalue weighted by Gasteiger charge is 2.31. The maximum atomic E-state index is 13.4. The lowest BCUT2D eigenvalue weighted by Crippen LogP contribution is -2.35. The highest BCUT2D eigenvalue weighted by atomic mass is 32.2. The molecule has 1 amide bonds. The standard InChI is InChI=1S/C20H26N2O4S/c1-13-11-16(27(21,24)25)12-17(15(13)3)20(23)22-10-6-4-5-7-18(22)19-9-8-14(2)26-19/h8-9,11-12,18H,4-7,10H2,1-3H3,(H2,21,24,25). The number of carbonyl (C=O) groups excluding carboxylic acids is 1. The maximum Gasteiger partial charge on any atom is 0.254 e. The summed E-state index contributed by atoms with van der Waals surface area (Å²) in [6.45, 7) is 6.12. The highest BCUT2D eigenvalue weighted by molar-refractivity contribution is 7.89. The van der Waals surface area contributed by atoms with E-state index in [4.69, 9.17) is 9.56 Å². The van der Waals surface area contributed by atoms with Crippen molar-refractivity contribution in [3.63, 3.8) is 0 Å². The second-order valence-electron chi connectivity index (χ2n) is 7.27. The maximum absolute atomic E-state index is 13.4. The van der Waals surface area contributed by atoms with Crippen LogP contribution in [-0.2, 0) is 10.0 Å². The minimum Gasteiger partial charge on any atom is -0.464 e. The molecule has 2 aromatic rings. The third-order valence-electron chi connectivity index (χ3n) is 5.30. The number of likely N-dealkylation sites (tertiary alicyclic amines) is 1. The van der Waals surface area contributed by atoms with Gasteiger partial charge in [-0.05, 0) is 69.0 Å². The molecule has 1 aliphatic heterocycles. The van der Waals surface area contributed by atoms with Crippen LogP contribution in [0.25, 0.3) is 0 Å². The van der Waals surface area contributed by atoms with Gasteiger partial charge in [0.15, 0.2) is 0 Å². The van der Waals surface area contributed by atoms with Crippen LogP contribution in [0.5, 0.6) is 0 Å². The number of sulfonamides is 1. The number of nitrogens with zero attached hydrogens (tertiary/aromatic N) is 1. The van der Waals surface area contributed by atoms with Crippen molar-refractivity contribution in [1.29, 1.82) is 0 Å². The predicted octanol–water partition coefficient (Wildman–Crippen LogP) is 3.61. The van der Waals surface area contributed by atoms with Crippen LogP contribution < -0.4 is 5.14 Å². The van der Waals surface area contributed by atoms with Crippen molar-refractivity contribution in [1.82, 2.24) is 4.90 Å². The first-order valence-corrected chi connectivity index (χ1v) is 10.7. The monoisotopic (exact) mass is 390 g/mol. The predicted molar refractivity (Wildman–Crippen MR) is 103 cm³/mol. The lowest BCUT2D eigenvalue weighted by atomic mass is 10.0. The van der Waals surface area contributed by atoms with E-state index >= 15 is 0 Å². The van der Waals surface area contributed by atoms with Crippen molar-refractivity contribution in [3.8, 4) is 0 Å². The zero-order valence-corrected chi connectivity index (χ0v) is 16.8. The number of rotatable bonds is 3. The molecule has 1 unspecified atom stereocenters. The fourth-order valence-corrected chi connectivity index (χ4v) is 4.27. The molecule has 1 atom stereocenters. The highest BCUT2D eigenvalue weighted by Crippen LogP contribution is 2.33. The Hall–Kier alpha value is -2.12. The van der Waals surface area contributed by atoms with E-state index in [9.17, 15) is 13.2 Å². The van der Waals surface area contributed by atoms with Gasteiger partial charge in [0.1, 0.15) is 11.5 Å². The van der Waals surface area contributed by atoms with E-state index in [1.807, 2.05) is 30.9 Å². The van der Waals surface area contributed by atoms with Gasteiger partial charge >= 0.3 is 0 Å². The molecular weight excluding hydrogens is 364 g/mol. The summed E-state index contributed by atoms with van der Waals surface area (Å²) in [4.78, 5) is 15.2. The van der Waals surface area contributed by atoms with Crippen LogP contribution in [0.15, 0.2) is 33.6 Å². The number of nitrogens with two attached hydrogens (primary N) is 1. The second kappa shape index (κ2) is 7.48. The van der Waals surface area contributed by atoms with Crippen LogP contribution in [0.4, 0.5) is 0 Å². The molecule has 2 N–H and O–H groups in total. The fourth-order valence-electron chi connectivity index (χ4n) is 3.65. The molecule has 3 rings (SSSR count). The zero-order valence-electron chi connectivity index (χ0n) is 16.0. The van der Waals surface area contributed by atoms with Crippen molar-refractivity contribution < 1.29 is 17.6 Å². The average Bonchev–Trinajstić information content (AvgIpc) is 2.88. The van der Waals surface area contributed by atoms with Crippen molar-refractivity contribution in [2.45, 2.75) is 57.4 Å². The Kier molecular flexibility index (Phi) is 5.44. The van der Waals surface area contributed by atoms with Gasteiger partial charge < -0.3 is 9.32 Å². The van der Waals surface area contributed by atoms with Crippen LogP contribution in [0.1, 0.15) is 64.7 Å². The Balaban J connectivity index is 2.05. The van der Waals surface area contributed by atoms with Gasteiger partial charge in [-0.25, -0.2) is 13.6 Å². The molecule has 2 heterocycles. The van der Waals surface area contributed by atoms with Crippen LogP contribution in [0.2, 0.25) is 0 Å². The quantitative estimate of drug-likeness (QED) is 0.866. The molecule has 0 spiro atoms. The summed E-state index contributed by atoms with van der Waals surface area (Å²) in [5.41, 5.74) is 1.88. The van der Waals surface area contributed by atoms with Crippen LogP contribution in [-0.4, -0.2) is 25.8 Å². The lowest BCUT2D eigenvalue weighted by molar-refractivity contribution is 0.0656. The molecule has 1 saturated heterocycles. The Labute approximate surface area is 160 Å². The van der Waals surface area contributed by atoms with E-state index in [1.165, 1.54) is 12.1 Å². The van der Waals surface area contributed by atoms with E-state index in [0.29, 0.717) is 12.1 Å². The molecule has 1 aromatic carbocycles. The van der Waals surface area contributed by atoms with E-state index in [1.54, 1.807) is 6.92 Å². The van der Waals surface area contributed by atoms with E-state index in [2.05, 4.69) is 0 Å². The molecule has 0 bridgehead atoms. The summed E-state index contributed by atoms with van der Waals surface area (Å²) in [5.74, 6) is 1.41. The summed E-state index contributed by atoms with van der Waals surface area (Å²) in [6.07, 6.45) is 3.80. The first-order chi connectivity index (χ1) is 12.7. The molecule has 1 aromatic heterocycles. The van der Waals surface area contributed by atoms with Crippen LogP contribution >= 0.6 is 0 Å². The number of primary sulfonamides is 1. The number of furan rings is 1. The topological polar surface area (TPSA) is 93.6 Å². The van der Waals surface area contributed by atoms with Crippen LogP contribution in [0.3, 0.4) is 0 Å². The fraction of sp³-hybridized carbons (Fsp3) is 0.450. The number of hydrogen-bond donors (Lipinski definition) is 1. The van der Waals surface area contributed by atoms with E-state index in [-0.39, 0.29) is 16.8 Å². The molecule has 7 heteroatoms. The summed E-state index contributed by atoms with van der Waals surface area (Å²) in [7, 11) is -3.89. The molecular formula is C20H26N2O4S. The summed E-state index contributed by atoms with van der Waals surface area (Å²) in [5, 5.41) is 5.30. The van der Waals surface area contributed by atoms with Gasteiger partial charge in [-0.3, -0.25) is 4.79 Å². The molecule has 1 aliphatic rings. The van der Waals surface area contributed by atoms with Gasteiger partial charge in [0, 0.05) is 12.1 Å². The van der Waals surface area contributed by atoms with Gasteiger partial charge in [-0.2, -0.15) is 0 Å². The summed E-state index contributed by atoms with van der Waals surface area (Å²) >= 11 is 0. The lowest BCUT2D eigenvalue weighted by Gasteiger charge is -2.29. The molecule has 1 fully saturated rings. The van der Waals surface area contributed by atoms with E-state index in [0.717, 1.165) is 48.3 Å². The van der Waals surface area contributed by atoms with Gasteiger partial charge in [0.25, 0.3) is 5.91 Å². The number of amides is 1. The average molecular weight is 391 g/mol. The van der Waals surface area contributed by atoms with Gasteiger partial charge in [-0.15, -0.1) is 0 Å². The van der Waals surface area contributed by atoms with Gasteiger partial charge in [0.05, 0.1) is 10.9 Å². The van der Waals surface area contributed by atoms with Crippen molar-refractivity contribution in [3.05, 3.63) is 52.5 Å². The third-order valence-corrected chi connectivity index (χ3v) is 6.20. The van der Waals surface area contributed by atoms with Crippen molar-refractivity contribution in [2.24, 2.45) is 5.14 Å². The first kappa shape index (κ1) is 19.6. The largest absolute Gasteiger partial charge is 0.464 e. The minimum absolute atomic E-state index is 0.0332. The third kappa shape index (κ3) is 4.09. The molecule has 0 aliphatic carbocycles. The van der Waals surface area contributed by atoms with Gasteiger partial charge in [-0.1, -0.05) is 12.8 Å². The molecule has 27 heavy (non-hydrogen) atoms. The summed E-state index contributed by atoms with van der Waals surface area (Å²) < 4.78 is 29.5. The molecule has 0 radical (unpaired) electrons. The molecule has 146 valence electrons. The number of benzene rings is 1. The normalized spacial score (nSPS) is 18.4. The SMILES string of the molecule is Cc1ccc(C2CCCCCN2C(=O)c2cc(S(N)(=O)=O)cc(C)c2C)o1. The Morgan fingerprint density at radius 3 is 2.52 bits per heavy atom. The van der Waals surface area contributed by atoms with Crippen molar-refractivity contribution >= 4 is 15.9 Å². The molecule has 6 nitrogen and oxygen atoms in total. The van der Waals surface area contributed by atoms with Gasteiger partial charge in [0.2, 0.25) is 10.0 Å². The van der Waals surface area contributed by atoms with Crippen molar-refractivity contribution in [2.75, 3.05) is 6.54 Å². The Morgan fingerprint density at radius 2 is 1.89 bits per heavy atom. The Bertz CT molecular complexity index is 962. The Morgan fingerprint density at radius 1 is 1.15 bits per heavy atom. The smallest absolute Gasteiger partial charge is 0.254 e. The molecule has 0 saturated carbocycles. The summed E-state index contributed by atoms with van der Waals surface area (Å²) in [6, 6.07) is 6.59. The second-order valence-corrected chi connectivity index (χ2v) is 8.83. The zero-order chi connectivity index (χ0) is 19.8. The van der Waals surface area contributed by atoms with E-state index < -0.39 is 10.0 Å². The number of carbonyl (C=O) groups is 1. The first-order valence-electron chi connectivity index (χ1n) is 9.20. The number of hydrogen-bond acceptors (Lipinski definition) is 4. The van der Waals surface area contributed by atoms with Crippen LogP contribution in [0, 0.1) is 20.8 Å². The minimum atomic E-state index is -3.89. The number of aryl methyl sites for hydroxylation is 2.